The van der Waals surface area contributed by atoms with Crippen LogP contribution in [0.1, 0.15) is 24.2 Å². The van der Waals surface area contributed by atoms with Gasteiger partial charge in [-0.15, -0.1) is 0 Å². The molecule has 0 bridgehead atoms. The average molecular weight is 213 g/mol. The maximum Gasteiger partial charge on any atom is 0.254 e. The van der Waals surface area contributed by atoms with Crippen LogP contribution in [0.4, 0.5) is 0 Å². The monoisotopic (exact) mass is 213 g/mol. The van der Waals surface area contributed by atoms with Gasteiger partial charge in [-0.1, -0.05) is 0 Å². The minimum atomic E-state index is -0.847. The number of aliphatic hydroxyl groups is 1. The SMILES string of the molecule is CN(CC(C)(C)O)C(=O)c1ccsc1. The standard InChI is InChI=1S/C10H15NO2S/c1-10(2,13)7-11(3)9(12)8-4-5-14-6-8/h4-6,13H,7H2,1-3H3. The third-order valence-electron chi connectivity index (χ3n) is 1.74. The number of likely N-dealkylation sites (N-methyl/N-ethyl adjacent to an activating group) is 1. The zero-order chi connectivity index (χ0) is 10.8. The predicted octanol–water partition coefficient (Wildman–Crippen LogP) is 1.59. The van der Waals surface area contributed by atoms with E-state index in [0.717, 1.165) is 0 Å². The van der Waals surface area contributed by atoms with E-state index in [0.29, 0.717) is 12.1 Å². The molecule has 0 unspecified atom stereocenters. The van der Waals surface area contributed by atoms with Gasteiger partial charge in [-0.3, -0.25) is 4.79 Å². The average Bonchev–Trinajstić information content (AvgIpc) is 2.51. The van der Waals surface area contributed by atoms with Crippen LogP contribution in [0.3, 0.4) is 0 Å². The summed E-state index contributed by atoms with van der Waals surface area (Å²) < 4.78 is 0. The summed E-state index contributed by atoms with van der Waals surface area (Å²) >= 11 is 1.49. The maximum atomic E-state index is 11.7. The first-order chi connectivity index (χ1) is 6.40. The first-order valence-corrected chi connectivity index (χ1v) is 5.34. The molecule has 1 heterocycles. The molecule has 4 heteroatoms. The number of hydrogen-bond acceptors (Lipinski definition) is 3. The van der Waals surface area contributed by atoms with Crippen molar-refractivity contribution in [2.75, 3.05) is 13.6 Å². The van der Waals surface area contributed by atoms with Gasteiger partial charge < -0.3 is 10.0 Å². The number of rotatable bonds is 3. The molecule has 0 aliphatic heterocycles. The lowest BCUT2D eigenvalue weighted by Crippen LogP contribution is -2.39. The summed E-state index contributed by atoms with van der Waals surface area (Å²) in [5.74, 6) is -0.0478. The fourth-order valence-corrected chi connectivity index (χ4v) is 1.89. The number of thiophene rings is 1. The Morgan fingerprint density at radius 3 is 2.71 bits per heavy atom. The van der Waals surface area contributed by atoms with Gasteiger partial charge in [-0.2, -0.15) is 11.3 Å². The van der Waals surface area contributed by atoms with Crippen LogP contribution in [0.25, 0.3) is 0 Å². The largest absolute Gasteiger partial charge is 0.389 e. The highest BCUT2D eigenvalue weighted by Gasteiger charge is 2.20. The number of amides is 1. The molecule has 0 aliphatic rings. The van der Waals surface area contributed by atoms with Crippen molar-refractivity contribution in [1.29, 1.82) is 0 Å². The highest BCUT2D eigenvalue weighted by atomic mass is 32.1. The second-order valence-corrected chi connectivity index (χ2v) is 4.77. The minimum absolute atomic E-state index is 0.0478. The first kappa shape index (κ1) is 11.2. The van der Waals surface area contributed by atoms with E-state index in [1.807, 2.05) is 10.8 Å². The topological polar surface area (TPSA) is 40.5 Å². The molecule has 78 valence electrons. The molecule has 0 saturated carbocycles. The molecule has 0 aliphatic carbocycles. The van der Waals surface area contributed by atoms with Crippen molar-refractivity contribution in [2.24, 2.45) is 0 Å². The van der Waals surface area contributed by atoms with Crippen molar-refractivity contribution in [2.45, 2.75) is 19.4 Å². The number of nitrogens with zero attached hydrogens (tertiary/aromatic N) is 1. The van der Waals surface area contributed by atoms with Crippen molar-refractivity contribution < 1.29 is 9.90 Å². The second-order valence-electron chi connectivity index (χ2n) is 3.99. The Morgan fingerprint density at radius 1 is 1.64 bits per heavy atom. The van der Waals surface area contributed by atoms with Crippen LogP contribution in [0.5, 0.6) is 0 Å². The molecular formula is C10H15NO2S. The van der Waals surface area contributed by atoms with Crippen LogP contribution in [0, 0.1) is 0 Å². The quantitative estimate of drug-likeness (QED) is 0.828. The third kappa shape index (κ3) is 3.12. The lowest BCUT2D eigenvalue weighted by Gasteiger charge is -2.25. The smallest absolute Gasteiger partial charge is 0.254 e. The van der Waals surface area contributed by atoms with Gasteiger partial charge in [0.2, 0.25) is 0 Å². The Hall–Kier alpha value is -0.870. The molecule has 0 spiro atoms. The molecule has 0 atom stereocenters. The Kier molecular flexibility index (Phi) is 3.29. The zero-order valence-corrected chi connectivity index (χ0v) is 9.47. The highest BCUT2D eigenvalue weighted by Crippen LogP contribution is 2.11. The molecule has 0 aromatic carbocycles. The highest BCUT2D eigenvalue weighted by molar-refractivity contribution is 7.08. The Balaban J connectivity index is 2.63. The van der Waals surface area contributed by atoms with Crippen molar-refractivity contribution >= 4 is 17.2 Å². The summed E-state index contributed by atoms with van der Waals surface area (Å²) in [5.41, 5.74) is -0.165. The lowest BCUT2D eigenvalue weighted by molar-refractivity contribution is 0.0368. The maximum absolute atomic E-state index is 11.7. The number of hydrogen-bond donors (Lipinski definition) is 1. The second kappa shape index (κ2) is 4.11. The third-order valence-corrected chi connectivity index (χ3v) is 2.42. The van der Waals surface area contributed by atoms with E-state index in [1.165, 1.54) is 16.2 Å². The van der Waals surface area contributed by atoms with Crippen LogP contribution in [0.2, 0.25) is 0 Å². The van der Waals surface area contributed by atoms with E-state index in [4.69, 9.17) is 0 Å². The number of carbonyl (C=O) groups is 1. The molecule has 1 aromatic rings. The normalized spacial score (nSPS) is 11.4. The fourth-order valence-electron chi connectivity index (χ4n) is 1.26. The van der Waals surface area contributed by atoms with Crippen LogP contribution in [-0.4, -0.2) is 35.1 Å². The summed E-state index contributed by atoms with van der Waals surface area (Å²) in [6, 6.07) is 1.79. The van der Waals surface area contributed by atoms with Gasteiger partial charge in [-0.05, 0) is 25.3 Å². The molecule has 1 amide bonds. The van der Waals surface area contributed by atoms with Crippen LogP contribution in [0.15, 0.2) is 16.8 Å². The molecule has 14 heavy (non-hydrogen) atoms. The molecular weight excluding hydrogens is 198 g/mol. The van der Waals surface area contributed by atoms with E-state index in [9.17, 15) is 9.90 Å². The molecule has 1 N–H and O–H groups in total. The van der Waals surface area contributed by atoms with Gasteiger partial charge in [0.25, 0.3) is 5.91 Å². The van der Waals surface area contributed by atoms with Gasteiger partial charge in [0, 0.05) is 19.0 Å². The summed E-state index contributed by atoms with van der Waals surface area (Å²) in [4.78, 5) is 13.2. The van der Waals surface area contributed by atoms with E-state index in [-0.39, 0.29) is 5.91 Å². The Bertz CT molecular complexity index is 300. The van der Waals surface area contributed by atoms with Gasteiger partial charge >= 0.3 is 0 Å². The Labute approximate surface area is 88.0 Å². The van der Waals surface area contributed by atoms with Gasteiger partial charge in [-0.25, -0.2) is 0 Å². The van der Waals surface area contributed by atoms with Gasteiger partial charge in [0.05, 0.1) is 11.2 Å². The molecule has 0 radical (unpaired) electrons. The zero-order valence-electron chi connectivity index (χ0n) is 8.65. The fraction of sp³-hybridized carbons (Fsp3) is 0.500. The molecule has 0 fully saturated rings. The summed E-state index contributed by atoms with van der Waals surface area (Å²) in [6.07, 6.45) is 0. The van der Waals surface area contributed by atoms with Gasteiger partial charge in [0.1, 0.15) is 0 Å². The number of carbonyl (C=O) groups excluding carboxylic acids is 1. The molecule has 3 nitrogen and oxygen atoms in total. The summed E-state index contributed by atoms with van der Waals surface area (Å²) in [6.45, 7) is 3.70. The van der Waals surface area contributed by atoms with E-state index < -0.39 is 5.60 Å². The molecule has 0 saturated heterocycles. The molecule has 1 aromatic heterocycles. The minimum Gasteiger partial charge on any atom is -0.389 e. The van der Waals surface area contributed by atoms with Crippen molar-refractivity contribution in [1.82, 2.24) is 4.90 Å². The van der Waals surface area contributed by atoms with Crippen LogP contribution in [-0.2, 0) is 0 Å². The predicted molar refractivity (Wildman–Crippen MR) is 57.6 cm³/mol. The van der Waals surface area contributed by atoms with Crippen molar-refractivity contribution in [3.05, 3.63) is 22.4 Å². The lowest BCUT2D eigenvalue weighted by atomic mass is 10.1. The van der Waals surface area contributed by atoms with E-state index in [1.54, 1.807) is 27.0 Å². The van der Waals surface area contributed by atoms with Crippen molar-refractivity contribution in [3.63, 3.8) is 0 Å². The molecule has 1 rings (SSSR count). The van der Waals surface area contributed by atoms with Crippen molar-refractivity contribution in [3.8, 4) is 0 Å². The summed E-state index contributed by atoms with van der Waals surface area (Å²) in [7, 11) is 1.69. The van der Waals surface area contributed by atoms with E-state index in [2.05, 4.69) is 0 Å². The summed E-state index contributed by atoms with van der Waals surface area (Å²) in [5, 5.41) is 13.2. The van der Waals surface area contributed by atoms with E-state index >= 15 is 0 Å². The Morgan fingerprint density at radius 2 is 2.29 bits per heavy atom. The van der Waals surface area contributed by atoms with Crippen LogP contribution >= 0.6 is 11.3 Å². The van der Waals surface area contributed by atoms with Crippen LogP contribution < -0.4 is 0 Å². The van der Waals surface area contributed by atoms with Gasteiger partial charge in [0.15, 0.2) is 0 Å². The first-order valence-electron chi connectivity index (χ1n) is 4.40.